The van der Waals surface area contributed by atoms with Crippen molar-refractivity contribution in [2.24, 2.45) is 5.41 Å². The first-order valence-corrected chi connectivity index (χ1v) is 5.79. The average molecular weight is 228 g/mol. The first-order valence-electron chi connectivity index (χ1n) is 5.25. The van der Waals surface area contributed by atoms with Gasteiger partial charge in [0.15, 0.2) is 0 Å². The Labute approximate surface area is 94.6 Å². The minimum atomic E-state index is -0.182. The second-order valence-electron chi connectivity index (χ2n) is 4.36. The summed E-state index contributed by atoms with van der Waals surface area (Å²) in [6, 6.07) is 6.60. The van der Waals surface area contributed by atoms with Gasteiger partial charge in [0.05, 0.1) is 0 Å². The van der Waals surface area contributed by atoms with Crippen LogP contribution in [0, 0.1) is 11.2 Å². The van der Waals surface area contributed by atoms with E-state index in [1.807, 2.05) is 12.1 Å². The molecule has 0 bridgehead atoms. The summed E-state index contributed by atoms with van der Waals surface area (Å²) in [5.41, 5.74) is 1.46. The van der Waals surface area contributed by atoms with Crippen LogP contribution < -0.4 is 5.32 Å². The summed E-state index contributed by atoms with van der Waals surface area (Å²) in [6.45, 7) is 1.76. The third-order valence-corrected chi connectivity index (χ3v) is 3.55. The summed E-state index contributed by atoms with van der Waals surface area (Å²) in [4.78, 5) is 0. The van der Waals surface area contributed by atoms with Crippen molar-refractivity contribution in [2.45, 2.75) is 19.4 Å². The molecule has 0 spiro atoms. The SMILES string of the molecule is Fc1ccc(CNCC2(CCl)CC2)cc1. The van der Waals surface area contributed by atoms with E-state index >= 15 is 0 Å². The van der Waals surface area contributed by atoms with Gasteiger partial charge in [-0.25, -0.2) is 4.39 Å². The van der Waals surface area contributed by atoms with Crippen LogP contribution in [0.3, 0.4) is 0 Å². The van der Waals surface area contributed by atoms with Crippen molar-refractivity contribution in [1.82, 2.24) is 5.32 Å². The molecule has 1 fully saturated rings. The Hall–Kier alpha value is -0.600. The van der Waals surface area contributed by atoms with E-state index in [-0.39, 0.29) is 5.82 Å². The van der Waals surface area contributed by atoms with Gasteiger partial charge < -0.3 is 5.32 Å². The lowest BCUT2D eigenvalue weighted by Gasteiger charge is -2.12. The molecule has 1 aliphatic carbocycles. The van der Waals surface area contributed by atoms with Gasteiger partial charge in [-0.1, -0.05) is 12.1 Å². The summed E-state index contributed by atoms with van der Waals surface area (Å²) in [6.07, 6.45) is 2.46. The minimum Gasteiger partial charge on any atom is -0.312 e. The van der Waals surface area contributed by atoms with Crippen LogP contribution >= 0.6 is 11.6 Å². The van der Waals surface area contributed by atoms with Gasteiger partial charge in [-0.3, -0.25) is 0 Å². The molecule has 82 valence electrons. The fourth-order valence-electron chi connectivity index (χ4n) is 1.61. The average Bonchev–Trinajstić information content (AvgIpc) is 3.02. The molecule has 1 aromatic rings. The molecule has 0 amide bonds. The Morgan fingerprint density at radius 1 is 1.27 bits per heavy atom. The molecule has 0 atom stereocenters. The molecule has 0 unspecified atom stereocenters. The molecule has 1 saturated carbocycles. The lowest BCUT2D eigenvalue weighted by Crippen LogP contribution is -2.24. The maximum atomic E-state index is 12.6. The molecule has 0 saturated heterocycles. The summed E-state index contributed by atoms with van der Waals surface area (Å²) >= 11 is 5.87. The smallest absolute Gasteiger partial charge is 0.123 e. The molecule has 3 heteroatoms. The Bertz CT molecular complexity index is 319. The summed E-state index contributed by atoms with van der Waals surface area (Å²) in [5, 5.41) is 3.37. The Balaban J connectivity index is 1.76. The number of halogens is 2. The van der Waals surface area contributed by atoms with E-state index < -0.39 is 0 Å². The summed E-state index contributed by atoms with van der Waals surface area (Å²) in [5.74, 6) is 0.557. The topological polar surface area (TPSA) is 12.0 Å². The Kier molecular flexibility index (Phi) is 3.27. The molecule has 0 aromatic heterocycles. The molecule has 1 aromatic carbocycles. The molecular formula is C12H15ClFN. The van der Waals surface area contributed by atoms with Crippen LogP contribution in [0.15, 0.2) is 24.3 Å². The van der Waals surface area contributed by atoms with Gasteiger partial charge in [0, 0.05) is 19.0 Å². The van der Waals surface area contributed by atoms with Gasteiger partial charge in [-0.15, -0.1) is 11.6 Å². The van der Waals surface area contributed by atoms with Crippen molar-refractivity contribution >= 4 is 11.6 Å². The fraction of sp³-hybridized carbons (Fsp3) is 0.500. The molecule has 1 N–H and O–H groups in total. The van der Waals surface area contributed by atoms with Gasteiger partial charge >= 0.3 is 0 Å². The molecule has 0 aliphatic heterocycles. The van der Waals surface area contributed by atoms with E-state index in [4.69, 9.17) is 11.6 Å². The standard InChI is InChI=1S/C12H15ClFN/c13-8-12(5-6-12)9-15-7-10-1-3-11(14)4-2-10/h1-4,15H,5-9H2. The summed E-state index contributed by atoms with van der Waals surface area (Å²) in [7, 11) is 0. The van der Waals surface area contributed by atoms with Gasteiger partial charge in [-0.05, 0) is 36.0 Å². The monoisotopic (exact) mass is 227 g/mol. The number of hydrogen-bond acceptors (Lipinski definition) is 1. The highest BCUT2D eigenvalue weighted by Gasteiger charge is 2.40. The zero-order chi connectivity index (χ0) is 10.7. The second kappa shape index (κ2) is 4.50. The molecular weight excluding hydrogens is 213 g/mol. The van der Waals surface area contributed by atoms with Crippen LogP contribution in [-0.2, 0) is 6.54 Å². The highest BCUT2D eigenvalue weighted by molar-refractivity contribution is 6.18. The highest BCUT2D eigenvalue weighted by atomic mass is 35.5. The highest BCUT2D eigenvalue weighted by Crippen LogP contribution is 2.45. The third kappa shape index (κ3) is 2.93. The van der Waals surface area contributed by atoms with E-state index in [0.29, 0.717) is 5.41 Å². The van der Waals surface area contributed by atoms with Crippen molar-refractivity contribution < 1.29 is 4.39 Å². The molecule has 2 rings (SSSR count). The molecule has 1 aliphatic rings. The lowest BCUT2D eigenvalue weighted by molar-refractivity contribution is 0.504. The van der Waals surface area contributed by atoms with Crippen LogP contribution in [-0.4, -0.2) is 12.4 Å². The number of nitrogens with one attached hydrogen (secondary N) is 1. The van der Waals surface area contributed by atoms with Crippen LogP contribution in [0.1, 0.15) is 18.4 Å². The number of benzene rings is 1. The first kappa shape index (κ1) is 10.9. The zero-order valence-corrected chi connectivity index (χ0v) is 9.36. The molecule has 0 radical (unpaired) electrons. The van der Waals surface area contributed by atoms with Crippen LogP contribution in [0.4, 0.5) is 4.39 Å². The van der Waals surface area contributed by atoms with Crippen molar-refractivity contribution in [3.8, 4) is 0 Å². The minimum absolute atomic E-state index is 0.182. The van der Waals surface area contributed by atoms with Crippen molar-refractivity contribution in [3.63, 3.8) is 0 Å². The van der Waals surface area contributed by atoms with Gasteiger partial charge in [0.2, 0.25) is 0 Å². The van der Waals surface area contributed by atoms with Crippen LogP contribution in [0.5, 0.6) is 0 Å². The quantitative estimate of drug-likeness (QED) is 0.763. The lowest BCUT2D eigenvalue weighted by atomic mass is 10.1. The van der Waals surface area contributed by atoms with Gasteiger partial charge in [0.25, 0.3) is 0 Å². The fourth-order valence-corrected chi connectivity index (χ4v) is 1.97. The van der Waals surface area contributed by atoms with E-state index in [9.17, 15) is 4.39 Å². The van der Waals surface area contributed by atoms with Crippen molar-refractivity contribution in [3.05, 3.63) is 35.6 Å². The van der Waals surface area contributed by atoms with Gasteiger partial charge in [-0.2, -0.15) is 0 Å². The maximum absolute atomic E-state index is 12.6. The predicted octanol–water partition coefficient (Wildman–Crippen LogP) is 2.93. The predicted molar refractivity (Wildman–Crippen MR) is 60.5 cm³/mol. The van der Waals surface area contributed by atoms with Crippen molar-refractivity contribution in [1.29, 1.82) is 0 Å². The van der Waals surface area contributed by atoms with Gasteiger partial charge in [0.1, 0.15) is 5.82 Å². The van der Waals surface area contributed by atoms with E-state index in [2.05, 4.69) is 5.32 Å². The van der Waals surface area contributed by atoms with E-state index in [1.165, 1.54) is 25.0 Å². The molecule has 15 heavy (non-hydrogen) atoms. The summed E-state index contributed by atoms with van der Waals surface area (Å²) < 4.78 is 12.6. The van der Waals surface area contributed by atoms with Crippen LogP contribution in [0.25, 0.3) is 0 Å². The van der Waals surface area contributed by atoms with Crippen LogP contribution in [0.2, 0.25) is 0 Å². The number of rotatable bonds is 5. The molecule has 1 nitrogen and oxygen atoms in total. The largest absolute Gasteiger partial charge is 0.312 e. The normalized spacial score (nSPS) is 17.7. The maximum Gasteiger partial charge on any atom is 0.123 e. The van der Waals surface area contributed by atoms with E-state index in [1.54, 1.807) is 0 Å². The zero-order valence-electron chi connectivity index (χ0n) is 8.60. The van der Waals surface area contributed by atoms with E-state index in [0.717, 1.165) is 24.5 Å². The Morgan fingerprint density at radius 3 is 2.47 bits per heavy atom. The Morgan fingerprint density at radius 2 is 1.93 bits per heavy atom. The number of hydrogen-bond donors (Lipinski definition) is 1. The first-order chi connectivity index (χ1) is 7.24. The molecule has 0 heterocycles. The number of alkyl halides is 1. The van der Waals surface area contributed by atoms with Crippen molar-refractivity contribution in [2.75, 3.05) is 12.4 Å². The second-order valence-corrected chi connectivity index (χ2v) is 4.63. The third-order valence-electron chi connectivity index (χ3n) is 2.98.